The molecule has 94 valence electrons. The fourth-order valence-corrected chi connectivity index (χ4v) is 1.62. The molecule has 0 radical (unpaired) electrons. The Balaban J connectivity index is 3.00. The summed E-state index contributed by atoms with van der Waals surface area (Å²) >= 11 is 0. The van der Waals surface area contributed by atoms with Crippen LogP contribution in [0, 0.1) is 12.3 Å². The predicted molar refractivity (Wildman–Crippen MR) is 72.0 cm³/mol. The van der Waals surface area contributed by atoms with Gasteiger partial charge in [-0.05, 0) is 39.8 Å². The fraction of sp³-hybridized carbons (Fsp3) is 0.500. The van der Waals surface area contributed by atoms with E-state index < -0.39 is 5.41 Å². The second-order valence-corrected chi connectivity index (χ2v) is 4.97. The Morgan fingerprint density at radius 2 is 1.82 bits per heavy atom. The molecule has 0 spiro atoms. The standard InChI is InChI=1S/C14H22N2O/c1-5-16(13(17)14(3,4)10-15)12-8-6-11(2)7-9-12/h6-9H,5,10,15H2,1-4H3. The largest absolute Gasteiger partial charge is 0.329 e. The first-order chi connectivity index (χ1) is 7.92. The summed E-state index contributed by atoms with van der Waals surface area (Å²) in [6.45, 7) is 8.79. The number of amides is 1. The van der Waals surface area contributed by atoms with E-state index in [9.17, 15) is 4.79 Å². The van der Waals surface area contributed by atoms with Crippen LogP contribution in [0.2, 0.25) is 0 Å². The molecule has 0 saturated carbocycles. The Labute approximate surface area is 104 Å². The number of nitrogens with zero attached hydrogens (tertiary/aromatic N) is 1. The number of hydrogen-bond acceptors (Lipinski definition) is 2. The minimum atomic E-state index is -0.513. The zero-order valence-electron chi connectivity index (χ0n) is 11.2. The maximum atomic E-state index is 12.4. The third-order valence-corrected chi connectivity index (χ3v) is 3.00. The molecule has 17 heavy (non-hydrogen) atoms. The van der Waals surface area contributed by atoms with Gasteiger partial charge in [-0.3, -0.25) is 4.79 Å². The number of hydrogen-bond donors (Lipinski definition) is 1. The maximum Gasteiger partial charge on any atom is 0.233 e. The second kappa shape index (κ2) is 5.32. The van der Waals surface area contributed by atoms with Crippen LogP contribution in [0.15, 0.2) is 24.3 Å². The molecule has 0 atom stereocenters. The molecule has 1 aromatic rings. The Kier molecular flexibility index (Phi) is 4.29. The first kappa shape index (κ1) is 13.7. The van der Waals surface area contributed by atoms with Gasteiger partial charge in [0, 0.05) is 18.8 Å². The van der Waals surface area contributed by atoms with Crippen LogP contribution in [-0.2, 0) is 4.79 Å². The fourth-order valence-electron chi connectivity index (χ4n) is 1.62. The van der Waals surface area contributed by atoms with Crippen LogP contribution in [0.5, 0.6) is 0 Å². The summed E-state index contributed by atoms with van der Waals surface area (Å²) in [5.41, 5.74) is 7.27. The van der Waals surface area contributed by atoms with Crippen LogP contribution >= 0.6 is 0 Å². The molecule has 0 fully saturated rings. The van der Waals surface area contributed by atoms with E-state index >= 15 is 0 Å². The van der Waals surface area contributed by atoms with Crippen molar-refractivity contribution in [2.24, 2.45) is 11.1 Å². The van der Waals surface area contributed by atoms with Crippen LogP contribution in [0.4, 0.5) is 5.69 Å². The maximum absolute atomic E-state index is 12.4. The smallest absolute Gasteiger partial charge is 0.233 e. The highest BCUT2D eigenvalue weighted by molar-refractivity contribution is 5.97. The molecule has 0 aliphatic carbocycles. The second-order valence-electron chi connectivity index (χ2n) is 4.97. The van der Waals surface area contributed by atoms with Crippen LogP contribution < -0.4 is 10.6 Å². The van der Waals surface area contributed by atoms with Crippen molar-refractivity contribution in [3.05, 3.63) is 29.8 Å². The predicted octanol–water partition coefficient (Wildman–Crippen LogP) is 2.33. The number of carbonyl (C=O) groups is 1. The molecular formula is C14H22N2O. The van der Waals surface area contributed by atoms with Crippen LogP contribution in [0.1, 0.15) is 26.3 Å². The average molecular weight is 234 g/mol. The highest BCUT2D eigenvalue weighted by atomic mass is 16.2. The number of rotatable bonds is 4. The molecule has 0 unspecified atom stereocenters. The molecular weight excluding hydrogens is 212 g/mol. The van der Waals surface area contributed by atoms with Gasteiger partial charge in [0.2, 0.25) is 5.91 Å². The van der Waals surface area contributed by atoms with Gasteiger partial charge in [0.15, 0.2) is 0 Å². The highest BCUT2D eigenvalue weighted by Gasteiger charge is 2.30. The molecule has 1 rings (SSSR count). The van der Waals surface area contributed by atoms with Gasteiger partial charge in [-0.1, -0.05) is 17.7 Å². The molecule has 0 bridgehead atoms. The lowest BCUT2D eigenvalue weighted by molar-refractivity contribution is -0.126. The molecule has 2 N–H and O–H groups in total. The van der Waals surface area contributed by atoms with Crippen LogP contribution in [-0.4, -0.2) is 19.0 Å². The van der Waals surface area contributed by atoms with Gasteiger partial charge in [0.05, 0.1) is 5.41 Å². The van der Waals surface area contributed by atoms with E-state index in [1.165, 1.54) is 5.56 Å². The summed E-state index contributed by atoms with van der Waals surface area (Å²) in [7, 11) is 0. The Bertz CT molecular complexity index is 382. The molecule has 0 aliphatic rings. The van der Waals surface area contributed by atoms with Gasteiger partial charge < -0.3 is 10.6 Å². The molecule has 1 amide bonds. The summed E-state index contributed by atoms with van der Waals surface area (Å²) in [5.74, 6) is 0.0753. The minimum absolute atomic E-state index is 0.0753. The summed E-state index contributed by atoms with van der Waals surface area (Å²) in [5, 5.41) is 0. The van der Waals surface area contributed by atoms with Gasteiger partial charge in [0.25, 0.3) is 0 Å². The Morgan fingerprint density at radius 1 is 1.29 bits per heavy atom. The Morgan fingerprint density at radius 3 is 2.24 bits per heavy atom. The lowest BCUT2D eigenvalue weighted by atomic mass is 9.91. The zero-order valence-corrected chi connectivity index (χ0v) is 11.2. The van der Waals surface area contributed by atoms with E-state index in [0.717, 1.165) is 5.69 Å². The van der Waals surface area contributed by atoms with Gasteiger partial charge in [-0.2, -0.15) is 0 Å². The minimum Gasteiger partial charge on any atom is -0.329 e. The zero-order chi connectivity index (χ0) is 13.1. The van der Waals surface area contributed by atoms with Crippen molar-refractivity contribution in [1.29, 1.82) is 0 Å². The number of carbonyl (C=O) groups excluding carboxylic acids is 1. The van der Waals surface area contributed by atoms with Crippen molar-refractivity contribution in [1.82, 2.24) is 0 Å². The summed E-state index contributed by atoms with van der Waals surface area (Å²) in [6.07, 6.45) is 0. The lowest BCUT2D eigenvalue weighted by Gasteiger charge is -2.30. The average Bonchev–Trinajstić information content (AvgIpc) is 2.32. The molecule has 3 heteroatoms. The van der Waals surface area contributed by atoms with Crippen molar-refractivity contribution in [2.75, 3.05) is 18.0 Å². The number of aryl methyl sites for hydroxylation is 1. The lowest BCUT2D eigenvalue weighted by Crippen LogP contribution is -2.44. The SMILES string of the molecule is CCN(C(=O)C(C)(C)CN)c1ccc(C)cc1. The monoisotopic (exact) mass is 234 g/mol. The molecule has 1 aromatic carbocycles. The molecule has 0 saturated heterocycles. The highest BCUT2D eigenvalue weighted by Crippen LogP contribution is 2.23. The molecule has 0 aliphatic heterocycles. The van der Waals surface area contributed by atoms with E-state index in [1.807, 2.05) is 52.0 Å². The summed E-state index contributed by atoms with van der Waals surface area (Å²) < 4.78 is 0. The van der Waals surface area contributed by atoms with Crippen molar-refractivity contribution in [2.45, 2.75) is 27.7 Å². The quantitative estimate of drug-likeness (QED) is 0.869. The van der Waals surface area contributed by atoms with Crippen molar-refractivity contribution < 1.29 is 4.79 Å². The number of anilines is 1. The third-order valence-electron chi connectivity index (χ3n) is 3.00. The first-order valence-electron chi connectivity index (χ1n) is 6.01. The first-order valence-corrected chi connectivity index (χ1v) is 6.01. The van der Waals surface area contributed by atoms with Crippen molar-refractivity contribution in [3.63, 3.8) is 0 Å². The van der Waals surface area contributed by atoms with Crippen molar-refractivity contribution in [3.8, 4) is 0 Å². The summed E-state index contributed by atoms with van der Waals surface area (Å²) in [4.78, 5) is 14.1. The topological polar surface area (TPSA) is 46.3 Å². The van der Waals surface area contributed by atoms with Crippen LogP contribution in [0.3, 0.4) is 0 Å². The van der Waals surface area contributed by atoms with E-state index in [2.05, 4.69) is 0 Å². The van der Waals surface area contributed by atoms with E-state index in [4.69, 9.17) is 5.73 Å². The molecule has 0 heterocycles. The van der Waals surface area contributed by atoms with E-state index in [-0.39, 0.29) is 5.91 Å². The normalized spacial score (nSPS) is 11.4. The van der Waals surface area contributed by atoms with Crippen LogP contribution in [0.25, 0.3) is 0 Å². The van der Waals surface area contributed by atoms with Gasteiger partial charge in [0.1, 0.15) is 0 Å². The van der Waals surface area contributed by atoms with Crippen molar-refractivity contribution >= 4 is 11.6 Å². The summed E-state index contributed by atoms with van der Waals surface area (Å²) in [6, 6.07) is 7.98. The van der Waals surface area contributed by atoms with E-state index in [1.54, 1.807) is 4.90 Å². The van der Waals surface area contributed by atoms with E-state index in [0.29, 0.717) is 13.1 Å². The van der Waals surface area contributed by atoms with Gasteiger partial charge >= 0.3 is 0 Å². The van der Waals surface area contributed by atoms with Gasteiger partial charge in [-0.25, -0.2) is 0 Å². The molecule has 0 aromatic heterocycles. The number of benzene rings is 1. The number of nitrogens with two attached hydrogens (primary N) is 1. The Hall–Kier alpha value is -1.35. The third kappa shape index (κ3) is 3.07. The molecule has 3 nitrogen and oxygen atoms in total. The van der Waals surface area contributed by atoms with Gasteiger partial charge in [-0.15, -0.1) is 0 Å².